The number of rotatable bonds is 5. The Hall–Kier alpha value is -1.71. The van der Waals surface area contributed by atoms with E-state index in [2.05, 4.69) is 64.6 Å². The van der Waals surface area contributed by atoms with Crippen LogP contribution in [0.25, 0.3) is 0 Å². The molecule has 1 N–H and O–H groups in total. The van der Waals surface area contributed by atoms with E-state index in [1.54, 1.807) is 0 Å². The number of pyridine rings is 1. The summed E-state index contributed by atoms with van der Waals surface area (Å²) in [7, 11) is 0. The molecule has 1 atom stereocenters. The molecule has 1 aliphatic rings. The first-order valence-corrected chi connectivity index (χ1v) is 8.23. The first-order valence-electron chi connectivity index (χ1n) is 8.23. The molecule has 2 aromatic rings. The smallest absolute Gasteiger partial charge is 0.0295 e. The van der Waals surface area contributed by atoms with Crippen molar-refractivity contribution in [3.05, 3.63) is 66.0 Å². The van der Waals surface area contributed by atoms with E-state index < -0.39 is 0 Å². The highest BCUT2D eigenvalue weighted by Gasteiger charge is 2.20. The van der Waals surface area contributed by atoms with Gasteiger partial charge >= 0.3 is 0 Å². The van der Waals surface area contributed by atoms with Gasteiger partial charge in [-0.1, -0.05) is 30.3 Å². The summed E-state index contributed by atoms with van der Waals surface area (Å²) >= 11 is 0. The SMILES string of the molecule is CC(NC1CCN(Cc2ccccc2)CC1)c1ccncc1. The number of hydrogen-bond acceptors (Lipinski definition) is 3. The molecule has 1 aromatic heterocycles. The standard InChI is InChI=1S/C19H25N3/c1-16(18-7-11-20-12-8-18)21-19-9-13-22(14-10-19)15-17-5-3-2-4-6-17/h2-8,11-12,16,19,21H,9-10,13-15H2,1H3. The minimum atomic E-state index is 0.397. The lowest BCUT2D eigenvalue weighted by Crippen LogP contribution is -2.42. The topological polar surface area (TPSA) is 28.2 Å². The highest BCUT2D eigenvalue weighted by atomic mass is 15.1. The fourth-order valence-corrected chi connectivity index (χ4v) is 3.20. The summed E-state index contributed by atoms with van der Waals surface area (Å²) in [6, 6.07) is 16.0. The van der Waals surface area contributed by atoms with Crippen LogP contribution >= 0.6 is 0 Å². The molecule has 1 fully saturated rings. The minimum absolute atomic E-state index is 0.397. The zero-order valence-corrected chi connectivity index (χ0v) is 13.3. The molecule has 0 saturated carbocycles. The summed E-state index contributed by atoms with van der Waals surface area (Å²) in [5.41, 5.74) is 2.74. The Morgan fingerprint density at radius 3 is 2.45 bits per heavy atom. The highest BCUT2D eigenvalue weighted by Crippen LogP contribution is 2.18. The molecule has 1 aromatic carbocycles. The van der Waals surface area contributed by atoms with Crippen LogP contribution in [0.5, 0.6) is 0 Å². The second-order valence-electron chi connectivity index (χ2n) is 6.20. The molecular weight excluding hydrogens is 270 g/mol. The summed E-state index contributed by atoms with van der Waals surface area (Å²) < 4.78 is 0. The van der Waals surface area contributed by atoms with E-state index in [0.29, 0.717) is 12.1 Å². The van der Waals surface area contributed by atoms with Gasteiger partial charge in [-0.05, 0) is 56.1 Å². The van der Waals surface area contributed by atoms with Gasteiger partial charge < -0.3 is 5.32 Å². The van der Waals surface area contributed by atoms with Crippen LogP contribution < -0.4 is 5.32 Å². The van der Waals surface area contributed by atoms with Crippen LogP contribution in [0.1, 0.15) is 36.9 Å². The van der Waals surface area contributed by atoms with Crippen molar-refractivity contribution >= 4 is 0 Å². The van der Waals surface area contributed by atoms with Crippen LogP contribution in [0.15, 0.2) is 54.9 Å². The predicted octanol–water partition coefficient (Wildman–Crippen LogP) is 3.40. The molecule has 22 heavy (non-hydrogen) atoms. The van der Waals surface area contributed by atoms with Crippen molar-refractivity contribution in [2.24, 2.45) is 0 Å². The Morgan fingerprint density at radius 1 is 1.09 bits per heavy atom. The van der Waals surface area contributed by atoms with Crippen LogP contribution in [0.4, 0.5) is 0 Å². The van der Waals surface area contributed by atoms with E-state index in [1.807, 2.05) is 12.4 Å². The third-order valence-electron chi connectivity index (χ3n) is 4.53. The highest BCUT2D eigenvalue weighted by molar-refractivity contribution is 5.15. The second-order valence-corrected chi connectivity index (χ2v) is 6.20. The third-order valence-corrected chi connectivity index (χ3v) is 4.53. The molecule has 1 saturated heterocycles. The molecule has 0 radical (unpaired) electrons. The summed E-state index contributed by atoms with van der Waals surface area (Å²) in [5, 5.41) is 3.77. The fourth-order valence-electron chi connectivity index (χ4n) is 3.20. The van der Waals surface area contributed by atoms with Crippen molar-refractivity contribution in [2.75, 3.05) is 13.1 Å². The van der Waals surface area contributed by atoms with Crippen LogP contribution in [0, 0.1) is 0 Å². The monoisotopic (exact) mass is 295 g/mol. The summed E-state index contributed by atoms with van der Waals surface area (Å²) in [5.74, 6) is 0. The lowest BCUT2D eigenvalue weighted by Gasteiger charge is -2.34. The lowest BCUT2D eigenvalue weighted by atomic mass is 10.0. The van der Waals surface area contributed by atoms with Gasteiger partial charge in [-0.2, -0.15) is 0 Å². The summed E-state index contributed by atoms with van der Waals surface area (Å²) in [6.07, 6.45) is 6.19. The molecule has 0 aliphatic carbocycles. The van der Waals surface area contributed by atoms with E-state index in [4.69, 9.17) is 0 Å². The average molecular weight is 295 g/mol. The van der Waals surface area contributed by atoms with Gasteiger partial charge in [-0.3, -0.25) is 9.88 Å². The Bertz CT molecular complexity index is 547. The third kappa shape index (κ3) is 4.15. The molecule has 1 aliphatic heterocycles. The zero-order chi connectivity index (χ0) is 15.2. The number of aromatic nitrogens is 1. The van der Waals surface area contributed by atoms with E-state index in [-0.39, 0.29) is 0 Å². The number of benzene rings is 1. The molecule has 116 valence electrons. The number of likely N-dealkylation sites (tertiary alicyclic amines) is 1. The van der Waals surface area contributed by atoms with Crippen LogP contribution in [-0.4, -0.2) is 29.0 Å². The maximum atomic E-state index is 4.09. The van der Waals surface area contributed by atoms with Crippen molar-refractivity contribution in [1.82, 2.24) is 15.2 Å². The summed E-state index contributed by atoms with van der Waals surface area (Å²) in [6.45, 7) is 5.67. The number of hydrogen-bond donors (Lipinski definition) is 1. The van der Waals surface area contributed by atoms with Gasteiger partial charge in [0.2, 0.25) is 0 Å². The van der Waals surface area contributed by atoms with Gasteiger partial charge in [-0.15, -0.1) is 0 Å². The fraction of sp³-hybridized carbons (Fsp3) is 0.421. The molecule has 0 spiro atoms. The number of nitrogens with one attached hydrogen (secondary N) is 1. The number of nitrogens with zero attached hydrogens (tertiary/aromatic N) is 2. The van der Waals surface area contributed by atoms with Gasteiger partial charge in [0.15, 0.2) is 0 Å². The maximum absolute atomic E-state index is 4.09. The maximum Gasteiger partial charge on any atom is 0.0295 e. The lowest BCUT2D eigenvalue weighted by molar-refractivity contribution is 0.185. The molecule has 0 amide bonds. The molecule has 1 unspecified atom stereocenters. The molecule has 3 rings (SSSR count). The van der Waals surface area contributed by atoms with E-state index in [0.717, 1.165) is 6.54 Å². The Morgan fingerprint density at radius 2 is 1.77 bits per heavy atom. The van der Waals surface area contributed by atoms with Crippen molar-refractivity contribution in [2.45, 2.75) is 38.4 Å². The minimum Gasteiger partial charge on any atom is -0.307 e. The van der Waals surface area contributed by atoms with Crippen molar-refractivity contribution < 1.29 is 0 Å². The largest absolute Gasteiger partial charge is 0.307 e. The molecular formula is C19H25N3. The predicted molar refractivity (Wildman–Crippen MR) is 90.5 cm³/mol. The van der Waals surface area contributed by atoms with Crippen molar-refractivity contribution in [1.29, 1.82) is 0 Å². The van der Waals surface area contributed by atoms with Gasteiger partial charge in [0.25, 0.3) is 0 Å². The number of piperidine rings is 1. The van der Waals surface area contributed by atoms with Gasteiger partial charge in [-0.25, -0.2) is 0 Å². The van der Waals surface area contributed by atoms with Crippen LogP contribution in [-0.2, 0) is 6.54 Å². The van der Waals surface area contributed by atoms with E-state index in [1.165, 1.54) is 37.1 Å². The Labute approximate surface area is 133 Å². The molecule has 2 heterocycles. The molecule has 3 heteroatoms. The van der Waals surface area contributed by atoms with E-state index in [9.17, 15) is 0 Å². The van der Waals surface area contributed by atoms with Gasteiger partial charge in [0, 0.05) is 31.0 Å². The quantitative estimate of drug-likeness (QED) is 0.916. The normalized spacial score (nSPS) is 18.2. The first kappa shape index (κ1) is 15.2. The van der Waals surface area contributed by atoms with Crippen molar-refractivity contribution in [3.8, 4) is 0 Å². The zero-order valence-electron chi connectivity index (χ0n) is 13.3. The first-order chi connectivity index (χ1) is 10.8. The van der Waals surface area contributed by atoms with Gasteiger partial charge in [0.05, 0.1) is 0 Å². The van der Waals surface area contributed by atoms with Crippen molar-refractivity contribution in [3.63, 3.8) is 0 Å². The van der Waals surface area contributed by atoms with Gasteiger partial charge in [0.1, 0.15) is 0 Å². The Balaban J connectivity index is 1.46. The van der Waals surface area contributed by atoms with E-state index >= 15 is 0 Å². The van der Waals surface area contributed by atoms with Crippen LogP contribution in [0.3, 0.4) is 0 Å². The Kier molecular flexibility index (Phi) is 5.20. The van der Waals surface area contributed by atoms with Crippen LogP contribution in [0.2, 0.25) is 0 Å². The second kappa shape index (κ2) is 7.52. The average Bonchev–Trinajstić information content (AvgIpc) is 2.58. The molecule has 0 bridgehead atoms. The molecule has 3 nitrogen and oxygen atoms in total. The summed E-state index contributed by atoms with van der Waals surface area (Å²) in [4.78, 5) is 6.65.